The van der Waals surface area contributed by atoms with Crippen molar-refractivity contribution in [2.45, 2.75) is 33.1 Å². The smallest absolute Gasteiger partial charge is 0.319 e. The highest BCUT2D eigenvalue weighted by molar-refractivity contribution is 5.80. The molecular formula is C16H29N3O2. The van der Waals surface area contributed by atoms with Gasteiger partial charge in [0.25, 0.3) is 0 Å². The minimum atomic E-state index is 0.0566. The summed E-state index contributed by atoms with van der Waals surface area (Å²) in [7, 11) is 3.55. The molecule has 21 heavy (non-hydrogen) atoms. The van der Waals surface area contributed by atoms with Crippen LogP contribution in [0.25, 0.3) is 0 Å². The van der Waals surface area contributed by atoms with E-state index < -0.39 is 0 Å². The number of hydrogen-bond donors (Lipinski definition) is 0. The van der Waals surface area contributed by atoms with Gasteiger partial charge in [-0.25, -0.2) is 4.79 Å². The van der Waals surface area contributed by atoms with Crippen LogP contribution in [0.3, 0.4) is 0 Å². The molecule has 2 fully saturated rings. The van der Waals surface area contributed by atoms with Crippen molar-refractivity contribution < 1.29 is 9.59 Å². The lowest BCUT2D eigenvalue weighted by molar-refractivity contribution is -0.139. The first-order valence-corrected chi connectivity index (χ1v) is 8.13. The Balaban J connectivity index is 1.87. The molecule has 0 aromatic rings. The average molecular weight is 295 g/mol. The molecule has 2 rings (SSSR count). The number of carbonyl (C=O) groups is 2. The number of piperidine rings is 2. The zero-order valence-corrected chi connectivity index (χ0v) is 13.8. The Kier molecular flexibility index (Phi) is 5.12. The summed E-state index contributed by atoms with van der Waals surface area (Å²) in [6.07, 6.45) is 2.83. The molecule has 120 valence electrons. The van der Waals surface area contributed by atoms with Crippen molar-refractivity contribution in [1.29, 1.82) is 0 Å². The monoisotopic (exact) mass is 295 g/mol. The molecule has 0 saturated carbocycles. The Morgan fingerprint density at radius 3 is 1.95 bits per heavy atom. The Morgan fingerprint density at radius 2 is 1.48 bits per heavy atom. The Hall–Kier alpha value is -1.26. The number of carbonyl (C=O) groups excluding carboxylic acids is 2. The highest BCUT2D eigenvalue weighted by Gasteiger charge is 2.33. The number of likely N-dealkylation sites (tertiary alicyclic amines) is 2. The number of nitrogens with zero attached hydrogens (tertiary/aromatic N) is 3. The molecule has 0 aromatic carbocycles. The predicted molar refractivity (Wildman–Crippen MR) is 82.9 cm³/mol. The fourth-order valence-electron chi connectivity index (χ4n) is 3.70. The molecule has 0 radical (unpaired) electrons. The fraction of sp³-hybridized carbons (Fsp3) is 0.875. The fourth-order valence-corrected chi connectivity index (χ4v) is 3.70. The zero-order chi connectivity index (χ0) is 15.6. The van der Waals surface area contributed by atoms with Crippen LogP contribution in [-0.4, -0.2) is 66.9 Å². The summed E-state index contributed by atoms with van der Waals surface area (Å²) in [6.45, 7) is 7.67. The third-order valence-corrected chi connectivity index (χ3v) is 4.68. The average Bonchev–Trinajstić information content (AvgIpc) is 2.44. The van der Waals surface area contributed by atoms with Gasteiger partial charge in [0.1, 0.15) is 0 Å². The maximum atomic E-state index is 12.7. The maximum Gasteiger partial charge on any atom is 0.319 e. The van der Waals surface area contributed by atoms with Crippen LogP contribution in [0.2, 0.25) is 0 Å². The normalized spacial score (nSPS) is 27.6. The lowest BCUT2D eigenvalue weighted by Crippen LogP contribution is -2.49. The van der Waals surface area contributed by atoms with Gasteiger partial charge in [0.15, 0.2) is 0 Å². The van der Waals surface area contributed by atoms with Gasteiger partial charge >= 0.3 is 6.03 Å². The van der Waals surface area contributed by atoms with Crippen LogP contribution in [0.4, 0.5) is 4.79 Å². The van der Waals surface area contributed by atoms with E-state index in [0.29, 0.717) is 30.8 Å². The summed E-state index contributed by atoms with van der Waals surface area (Å²) >= 11 is 0. The van der Waals surface area contributed by atoms with Gasteiger partial charge in [0, 0.05) is 46.2 Å². The van der Waals surface area contributed by atoms with Crippen LogP contribution >= 0.6 is 0 Å². The summed E-state index contributed by atoms with van der Waals surface area (Å²) in [5.41, 5.74) is 0. The molecule has 0 N–H and O–H groups in total. The van der Waals surface area contributed by atoms with Gasteiger partial charge in [0.05, 0.1) is 0 Å². The topological polar surface area (TPSA) is 43.9 Å². The second kappa shape index (κ2) is 6.67. The molecule has 2 atom stereocenters. The van der Waals surface area contributed by atoms with Gasteiger partial charge in [-0.1, -0.05) is 13.8 Å². The van der Waals surface area contributed by atoms with Crippen molar-refractivity contribution in [2.75, 3.05) is 40.3 Å². The summed E-state index contributed by atoms with van der Waals surface area (Å²) in [5, 5.41) is 0. The zero-order valence-electron chi connectivity index (χ0n) is 13.8. The summed E-state index contributed by atoms with van der Waals surface area (Å²) in [5.74, 6) is 1.63. The molecule has 0 aliphatic carbocycles. The third kappa shape index (κ3) is 3.89. The van der Waals surface area contributed by atoms with Crippen LogP contribution in [0.5, 0.6) is 0 Å². The van der Waals surface area contributed by atoms with E-state index in [0.717, 1.165) is 25.9 Å². The quantitative estimate of drug-likeness (QED) is 0.741. The lowest BCUT2D eigenvalue weighted by atomic mass is 9.89. The van der Waals surface area contributed by atoms with Crippen molar-refractivity contribution >= 4 is 11.9 Å². The molecule has 0 spiro atoms. The molecule has 0 aromatic heterocycles. The summed E-state index contributed by atoms with van der Waals surface area (Å²) in [4.78, 5) is 30.1. The van der Waals surface area contributed by atoms with Crippen molar-refractivity contribution in [2.24, 2.45) is 17.8 Å². The van der Waals surface area contributed by atoms with Crippen LogP contribution in [0, 0.1) is 17.8 Å². The van der Waals surface area contributed by atoms with Crippen LogP contribution < -0.4 is 0 Å². The van der Waals surface area contributed by atoms with Gasteiger partial charge in [0.2, 0.25) is 5.91 Å². The molecule has 2 aliphatic heterocycles. The van der Waals surface area contributed by atoms with Crippen LogP contribution in [0.15, 0.2) is 0 Å². The van der Waals surface area contributed by atoms with E-state index in [1.54, 1.807) is 19.0 Å². The largest absolute Gasteiger partial charge is 0.342 e. The Bertz CT molecular complexity index is 379. The molecule has 3 amide bonds. The molecular weight excluding hydrogens is 266 g/mol. The summed E-state index contributed by atoms with van der Waals surface area (Å²) in [6, 6.07) is 0.0566. The van der Waals surface area contributed by atoms with E-state index in [9.17, 15) is 9.59 Å². The van der Waals surface area contributed by atoms with E-state index in [2.05, 4.69) is 18.7 Å². The minimum Gasteiger partial charge on any atom is -0.342 e. The molecule has 0 bridgehead atoms. The van der Waals surface area contributed by atoms with E-state index in [1.807, 2.05) is 4.90 Å². The number of hydrogen-bond acceptors (Lipinski definition) is 2. The minimum absolute atomic E-state index is 0.0566. The van der Waals surface area contributed by atoms with E-state index in [4.69, 9.17) is 0 Å². The highest BCUT2D eigenvalue weighted by atomic mass is 16.2. The molecule has 2 saturated heterocycles. The Morgan fingerprint density at radius 1 is 0.952 bits per heavy atom. The molecule has 5 nitrogen and oxygen atoms in total. The second-order valence-electron chi connectivity index (χ2n) is 7.13. The predicted octanol–water partition coefficient (Wildman–Crippen LogP) is 1.88. The van der Waals surface area contributed by atoms with Crippen molar-refractivity contribution in [1.82, 2.24) is 14.7 Å². The summed E-state index contributed by atoms with van der Waals surface area (Å²) < 4.78 is 0. The molecule has 2 unspecified atom stereocenters. The van der Waals surface area contributed by atoms with Gasteiger partial charge < -0.3 is 14.7 Å². The second-order valence-corrected chi connectivity index (χ2v) is 7.13. The van der Waals surface area contributed by atoms with Crippen LogP contribution in [0.1, 0.15) is 33.1 Å². The van der Waals surface area contributed by atoms with Crippen molar-refractivity contribution in [3.8, 4) is 0 Å². The van der Waals surface area contributed by atoms with Crippen molar-refractivity contribution in [3.63, 3.8) is 0 Å². The number of urea groups is 1. The third-order valence-electron chi connectivity index (χ3n) is 4.68. The first-order chi connectivity index (χ1) is 9.88. The molecule has 2 aliphatic rings. The first-order valence-electron chi connectivity index (χ1n) is 8.13. The number of amides is 3. The first kappa shape index (κ1) is 16.1. The van der Waals surface area contributed by atoms with E-state index >= 15 is 0 Å². The van der Waals surface area contributed by atoms with E-state index in [-0.39, 0.29) is 11.9 Å². The SMILES string of the molecule is CC1CC(C)CN(C(=O)C2CCN(C(=O)N(C)C)CC2)C1. The van der Waals surface area contributed by atoms with Gasteiger partial charge in [-0.15, -0.1) is 0 Å². The van der Waals surface area contributed by atoms with Crippen molar-refractivity contribution in [3.05, 3.63) is 0 Å². The molecule has 2 heterocycles. The van der Waals surface area contributed by atoms with Crippen LogP contribution in [-0.2, 0) is 4.79 Å². The van der Waals surface area contributed by atoms with E-state index in [1.165, 1.54) is 6.42 Å². The van der Waals surface area contributed by atoms with Gasteiger partial charge in [-0.05, 0) is 31.1 Å². The maximum absolute atomic E-state index is 12.7. The molecule has 5 heteroatoms. The Labute approximate surface area is 128 Å². The van der Waals surface area contributed by atoms with Gasteiger partial charge in [-0.2, -0.15) is 0 Å². The standard InChI is InChI=1S/C16H29N3O2/c1-12-9-13(2)11-19(10-12)15(20)14-5-7-18(8-6-14)16(21)17(3)4/h12-14H,5-11H2,1-4H3. The van der Waals surface area contributed by atoms with Gasteiger partial charge in [-0.3, -0.25) is 4.79 Å². The number of rotatable bonds is 1. The lowest BCUT2D eigenvalue weighted by Gasteiger charge is -2.39. The highest BCUT2D eigenvalue weighted by Crippen LogP contribution is 2.26.